The van der Waals surface area contributed by atoms with E-state index in [0.717, 1.165) is 37.8 Å². The number of benzene rings is 1. The van der Waals surface area contributed by atoms with E-state index in [1.807, 2.05) is 0 Å². The monoisotopic (exact) mass is 309 g/mol. The molecule has 1 N–H and O–H groups in total. The highest BCUT2D eigenvalue weighted by Crippen LogP contribution is 2.15. The second-order valence-corrected chi connectivity index (χ2v) is 6.05. The van der Waals surface area contributed by atoms with Crippen molar-refractivity contribution < 1.29 is 8.78 Å². The van der Waals surface area contributed by atoms with Crippen molar-refractivity contribution in [3.63, 3.8) is 0 Å². The van der Waals surface area contributed by atoms with Crippen LogP contribution in [-0.4, -0.2) is 12.6 Å². The molecule has 1 unspecified atom stereocenters. The fraction of sp³-hybridized carbons (Fsp3) is 0.412. The summed E-state index contributed by atoms with van der Waals surface area (Å²) in [5, 5.41) is 7.75. The van der Waals surface area contributed by atoms with Crippen LogP contribution in [0.1, 0.15) is 30.9 Å². The Morgan fingerprint density at radius 1 is 1.14 bits per heavy atom. The molecule has 2 aromatic rings. The Morgan fingerprint density at radius 2 is 2.00 bits per heavy atom. The molecular formula is C17H21F2NS. The highest BCUT2D eigenvalue weighted by Gasteiger charge is 2.11. The summed E-state index contributed by atoms with van der Waals surface area (Å²) in [6, 6.07) is 6.61. The van der Waals surface area contributed by atoms with Crippen molar-refractivity contribution in [2.45, 2.75) is 38.6 Å². The molecule has 1 atom stereocenters. The van der Waals surface area contributed by atoms with Crippen molar-refractivity contribution in [2.75, 3.05) is 6.54 Å². The van der Waals surface area contributed by atoms with Gasteiger partial charge in [-0.3, -0.25) is 0 Å². The Kier molecular flexibility index (Phi) is 6.33. The predicted octanol–water partition coefficient (Wildman–Crippen LogP) is 4.57. The Morgan fingerprint density at radius 3 is 2.67 bits per heavy atom. The van der Waals surface area contributed by atoms with Gasteiger partial charge < -0.3 is 5.32 Å². The predicted molar refractivity (Wildman–Crippen MR) is 84.8 cm³/mol. The third kappa shape index (κ3) is 5.21. The Labute approximate surface area is 129 Å². The van der Waals surface area contributed by atoms with Crippen LogP contribution in [0.5, 0.6) is 0 Å². The summed E-state index contributed by atoms with van der Waals surface area (Å²) in [7, 11) is 0. The average molecular weight is 309 g/mol. The molecular weight excluding hydrogens is 288 g/mol. The quantitative estimate of drug-likeness (QED) is 0.753. The summed E-state index contributed by atoms with van der Waals surface area (Å²) >= 11 is 1.70. The van der Waals surface area contributed by atoms with Gasteiger partial charge in [-0.1, -0.05) is 13.0 Å². The van der Waals surface area contributed by atoms with Gasteiger partial charge in [-0.25, -0.2) is 8.78 Å². The third-order valence-corrected chi connectivity index (χ3v) is 4.24. The molecule has 21 heavy (non-hydrogen) atoms. The normalized spacial score (nSPS) is 12.5. The van der Waals surface area contributed by atoms with Gasteiger partial charge in [-0.2, -0.15) is 11.3 Å². The number of hydrogen-bond acceptors (Lipinski definition) is 2. The lowest BCUT2D eigenvalue weighted by Crippen LogP contribution is -2.32. The van der Waals surface area contributed by atoms with Crippen LogP contribution in [0.25, 0.3) is 0 Å². The van der Waals surface area contributed by atoms with Crippen molar-refractivity contribution in [2.24, 2.45) is 0 Å². The summed E-state index contributed by atoms with van der Waals surface area (Å²) in [5.41, 5.74) is 2.18. The van der Waals surface area contributed by atoms with E-state index in [4.69, 9.17) is 0 Å². The lowest BCUT2D eigenvalue weighted by molar-refractivity contribution is 0.472. The standard InChI is InChI=1S/C17H21F2NS/c1-2-8-20-15(5-3-13-7-9-21-12-13)10-14-4-6-16(18)17(19)11-14/h4,6-7,9,11-12,15,20H,2-3,5,8,10H2,1H3. The molecule has 0 saturated heterocycles. The van der Waals surface area contributed by atoms with Crippen LogP contribution in [0, 0.1) is 11.6 Å². The number of nitrogens with one attached hydrogen (secondary N) is 1. The summed E-state index contributed by atoms with van der Waals surface area (Å²) < 4.78 is 26.3. The van der Waals surface area contributed by atoms with E-state index in [0.29, 0.717) is 0 Å². The van der Waals surface area contributed by atoms with E-state index in [1.54, 1.807) is 17.4 Å². The SMILES string of the molecule is CCCNC(CCc1ccsc1)Cc1ccc(F)c(F)c1. The fourth-order valence-corrected chi connectivity index (χ4v) is 3.05. The molecule has 4 heteroatoms. The van der Waals surface area contributed by atoms with Crippen LogP contribution in [0.4, 0.5) is 8.78 Å². The molecule has 0 bridgehead atoms. The highest BCUT2D eigenvalue weighted by molar-refractivity contribution is 7.07. The fourth-order valence-electron chi connectivity index (χ4n) is 2.35. The first-order valence-corrected chi connectivity index (χ1v) is 8.31. The molecule has 0 aliphatic rings. The van der Waals surface area contributed by atoms with E-state index in [-0.39, 0.29) is 6.04 Å². The van der Waals surface area contributed by atoms with Crippen molar-refractivity contribution in [3.8, 4) is 0 Å². The van der Waals surface area contributed by atoms with Gasteiger partial charge in [0.05, 0.1) is 0 Å². The average Bonchev–Trinajstić information content (AvgIpc) is 2.99. The van der Waals surface area contributed by atoms with Crippen LogP contribution >= 0.6 is 11.3 Å². The number of aryl methyl sites for hydroxylation is 1. The van der Waals surface area contributed by atoms with Crippen molar-refractivity contribution in [3.05, 3.63) is 57.8 Å². The van der Waals surface area contributed by atoms with Crippen LogP contribution in [0.15, 0.2) is 35.0 Å². The number of halogens is 2. The molecule has 1 heterocycles. The lowest BCUT2D eigenvalue weighted by Gasteiger charge is -2.18. The van der Waals surface area contributed by atoms with Gasteiger partial charge in [0.2, 0.25) is 0 Å². The molecule has 0 amide bonds. The summed E-state index contributed by atoms with van der Waals surface area (Å²) in [6.07, 6.45) is 3.79. The number of rotatable bonds is 8. The van der Waals surface area contributed by atoms with Crippen molar-refractivity contribution in [1.29, 1.82) is 0 Å². The zero-order chi connectivity index (χ0) is 15.1. The minimum atomic E-state index is -0.782. The van der Waals surface area contributed by atoms with Crippen molar-refractivity contribution >= 4 is 11.3 Å². The summed E-state index contributed by atoms with van der Waals surface area (Å²) in [4.78, 5) is 0. The van der Waals surface area contributed by atoms with Gasteiger partial charge in [-0.05, 0) is 72.3 Å². The molecule has 1 nitrogen and oxygen atoms in total. The first-order chi connectivity index (χ1) is 10.2. The first kappa shape index (κ1) is 16.1. The molecule has 2 rings (SSSR count). The van der Waals surface area contributed by atoms with Gasteiger partial charge in [0.1, 0.15) is 0 Å². The summed E-state index contributed by atoms with van der Waals surface area (Å²) in [5.74, 6) is -1.55. The van der Waals surface area contributed by atoms with Crippen LogP contribution in [0.3, 0.4) is 0 Å². The van der Waals surface area contributed by atoms with E-state index < -0.39 is 11.6 Å². The molecule has 1 aromatic carbocycles. The maximum Gasteiger partial charge on any atom is 0.159 e. The Bertz CT molecular complexity index is 540. The molecule has 114 valence electrons. The van der Waals surface area contributed by atoms with Crippen molar-refractivity contribution in [1.82, 2.24) is 5.32 Å². The minimum Gasteiger partial charge on any atom is -0.314 e. The number of thiophene rings is 1. The molecule has 1 aromatic heterocycles. The second-order valence-electron chi connectivity index (χ2n) is 5.27. The number of hydrogen-bond donors (Lipinski definition) is 1. The van der Waals surface area contributed by atoms with Crippen LogP contribution in [0.2, 0.25) is 0 Å². The third-order valence-electron chi connectivity index (χ3n) is 3.51. The Hall–Kier alpha value is -1.26. The van der Waals surface area contributed by atoms with E-state index >= 15 is 0 Å². The van der Waals surface area contributed by atoms with Gasteiger partial charge in [-0.15, -0.1) is 0 Å². The molecule has 0 aliphatic carbocycles. The Balaban J connectivity index is 1.95. The molecule has 0 aliphatic heterocycles. The van der Waals surface area contributed by atoms with Crippen LogP contribution in [-0.2, 0) is 12.8 Å². The zero-order valence-electron chi connectivity index (χ0n) is 12.2. The van der Waals surface area contributed by atoms with E-state index in [2.05, 4.69) is 29.1 Å². The van der Waals surface area contributed by atoms with Gasteiger partial charge >= 0.3 is 0 Å². The molecule has 0 fully saturated rings. The first-order valence-electron chi connectivity index (χ1n) is 7.37. The van der Waals surface area contributed by atoms with Gasteiger partial charge in [0.15, 0.2) is 11.6 Å². The van der Waals surface area contributed by atoms with Crippen LogP contribution < -0.4 is 5.32 Å². The zero-order valence-corrected chi connectivity index (χ0v) is 13.1. The van der Waals surface area contributed by atoms with E-state index in [1.165, 1.54) is 17.7 Å². The molecule has 0 radical (unpaired) electrons. The largest absolute Gasteiger partial charge is 0.314 e. The maximum atomic E-state index is 13.3. The maximum absolute atomic E-state index is 13.3. The van der Waals surface area contributed by atoms with E-state index in [9.17, 15) is 8.78 Å². The topological polar surface area (TPSA) is 12.0 Å². The lowest BCUT2D eigenvalue weighted by atomic mass is 9.99. The highest BCUT2D eigenvalue weighted by atomic mass is 32.1. The van der Waals surface area contributed by atoms with Gasteiger partial charge in [0, 0.05) is 6.04 Å². The van der Waals surface area contributed by atoms with Gasteiger partial charge in [0.25, 0.3) is 0 Å². The second kappa shape index (κ2) is 8.25. The summed E-state index contributed by atoms with van der Waals surface area (Å²) in [6.45, 7) is 3.07. The molecule has 0 spiro atoms. The minimum absolute atomic E-state index is 0.287. The molecule has 0 saturated carbocycles. The smallest absolute Gasteiger partial charge is 0.159 e.